The summed E-state index contributed by atoms with van der Waals surface area (Å²) in [4.78, 5) is 6.27. The second kappa shape index (κ2) is 9.59. The first-order chi connectivity index (χ1) is 15.9. The van der Waals surface area contributed by atoms with Gasteiger partial charge in [-0.25, -0.2) is 0 Å². The van der Waals surface area contributed by atoms with Crippen LogP contribution in [0.25, 0.3) is 0 Å². The van der Waals surface area contributed by atoms with Crippen molar-refractivity contribution in [2.45, 2.75) is 14.7 Å². The first-order valence-electron chi connectivity index (χ1n) is 10.7. The Labute approximate surface area is 193 Å². The summed E-state index contributed by atoms with van der Waals surface area (Å²) in [6, 6.07) is 51.7. The SMILES string of the molecule is c1ccc(N(c2ccccc2)c2ccc([S+](c3ccccc3)c3ccccc3)cc2)cc1. The summed E-state index contributed by atoms with van der Waals surface area (Å²) in [6.07, 6.45) is 0. The predicted molar refractivity (Wildman–Crippen MR) is 136 cm³/mol. The van der Waals surface area contributed by atoms with E-state index in [2.05, 4.69) is 150 Å². The monoisotopic (exact) mass is 430 g/mol. The topological polar surface area (TPSA) is 3.24 Å². The summed E-state index contributed by atoms with van der Waals surface area (Å²) < 4.78 is 0. The minimum atomic E-state index is -0.144. The Morgan fingerprint density at radius 2 is 0.625 bits per heavy atom. The number of hydrogen-bond donors (Lipinski definition) is 0. The Hall–Kier alpha value is -3.75. The maximum atomic E-state index is 2.30. The molecule has 0 aromatic heterocycles. The van der Waals surface area contributed by atoms with Gasteiger partial charge in [0.05, 0.1) is 10.9 Å². The normalized spacial score (nSPS) is 10.8. The van der Waals surface area contributed by atoms with Crippen LogP contribution < -0.4 is 4.90 Å². The molecule has 0 aliphatic carbocycles. The molecule has 0 saturated heterocycles. The minimum Gasteiger partial charge on any atom is -0.311 e. The zero-order valence-electron chi connectivity index (χ0n) is 17.7. The lowest BCUT2D eigenvalue weighted by Gasteiger charge is -2.25. The maximum Gasteiger partial charge on any atom is 0.166 e. The Morgan fingerprint density at radius 1 is 0.312 bits per heavy atom. The van der Waals surface area contributed by atoms with E-state index < -0.39 is 0 Å². The lowest BCUT2D eigenvalue weighted by atomic mass is 10.2. The molecule has 2 heteroatoms. The van der Waals surface area contributed by atoms with Crippen molar-refractivity contribution >= 4 is 28.0 Å². The summed E-state index contributed by atoms with van der Waals surface area (Å²) in [6.45, 7) is 0. The van der Waals surface area contributed by atoms with Gasteiger partial charge in [-0.15, -0.1) is 0 Å². The fraction of sp³-hybridized carbons (Fsp3) is 0. The van der Waals surface area contributed by atoms with Crippen molar-refractivity contribution in [3.8, 4) is 0 Å². The first-order valence-corrected chi connectivity index (χ1v) is 12.0. The third-order valence-electron chi connectivity index (χ3n) is 5.32. The van der Waals surface area contributed by atoms with Crippen LogP contribution in [-0.2, 0) is 10.9 Å². The molecule has 5 aromatic carbocycles. The number of benzene rings is 5. The molecule has 5 rings (SSSR count). The molecule has 154 valence electrons. The minimum absolute atomic E-state index is 0.144. The van der Waals surface area contributed by atoms with E-state index in [1.54, 1.807) is 0 Å². The molecule has 5 aromatic rings. The van der Waals surface area contributed by atoms with E-state index in [9.17, 15) is 0 Å². The molecule has 0 aliphatic rings. The quantitative estimate of drug-likeness (QED) is 0.245. The van der Waals surface area contributed by atoms with Crippen LogP contribution in [0, 0.1) is 0 Å². The molecule has 0 bridgehead atoms. The van der Waals surface area contributed by atoms with Crippen LogP contribution in [0.3, 0.4) is 0 Å². The van der Waals surface area contributed by atoms with Crippen molar-refractivity contribution in [1.82, 2.24) is 0 Å². The van der Waals surface area contributed by atoms with E-state index in [-0.39, 0.29) is 10.9 Å². The van der Waals surface area contributed by atoms with Crippen molar-refractivity contribution in [3.63, 3.8) is 0 Å². The third kappa shape index (κ3) is 4.32. The van der Waals surface area contributed by atoms with Gasteiger partial charge in [-0.1, -0.05) is 72.8 Å². The first kappa shape index (κ1) is 20.2. The van der Waals surface area contributed by atoms with Gasteiger partial charge in [0.1, 0.15) is 0 Å². The number of nitrogens with zero attached hydrogens (tertiary/aromatic N) is 1. The standard InChI is InChI=1S/C30H24NS/c1-5-13-25(14-6-1)31(26-15-7-2-8-16-26)27-21-23-30(24-22-27)32(28-17-9-3-10-18-28)29-19-11-4-12-20-29/h1-24H/q+1. The van der Waals surface area contributed by atoms with Crippen molar-refractivity contribution < 1.29 is 0 Å². The van der Waals surface area contributed by atoms with Crippen LogP contribution >= 0.6 is 0 Å². The van der Waals surface area contributed by atoms with Crippen LogP contribution in [0.5, 0.6) is 0 Å². The molecular weight excluding hydrogens is 406 g/mol. The molecule has 0 aliphatic heterocycles. The average Bonchev–Trinajstić information content (AvgIpc) is 2.88. The molecule has 0 amide bonds. The van der Waals surface area contributed by atoms with Gasteiger partial charge >= 0.3 is 0 Å². The zero-order valence-corrected chi connectivity index (χ0v) is 18.5. The molecule has 0 unspecified atom stereocenters. The summed E-state index contributed by atoms with van der Waals surface area (Å²) in [5, 5.41) is 0. The predicted octanol–water partition coefficient (Wildman–Crippen LogP) is 8.25. The average molecular weight is 431 g/mol. The number of para-hydroxylation sites is 2. The zero-order chi connectivity index (χ0) is 21.6. The van der Waals surface area contributed by atoms with E-state index >= 15 is 0 Å². The van der Waals surface area contributed by atoms with Crippen LogP contribution in [-0.4, -0.2) is 0 Å². The molecule has 1 nitrogen and oxygen atoms in total. The summed E-state index contributed by atoms with van der Waals surface area (Å²) >= 11 is 0. The van der Waals surface area contributed by atoms with Crippen molar-refractivity contribution in [2.24, 2.45) is 0 Å². The molecule has 0 atom stereocenters. The molecule has 0 saturated carbocycles. The number of anilines is 3. The molecule has 0 radical (unpaired) electrons. The summed E-state index contributed by atoms with van der Waals surface area (Å²) in [5.74, 6) is 0. The summed E-state index contributed by atoms with van der Waals surface area (Å²) in [5.41, 5.74) is 3.45. The second-order valence-corrected chi connectivity index (χ2v) is 9.46. The molecule has 0 heterocycles. The Morgan fingerprint density at radius 3 is 1.03 bits per heavy atom. The second-order valence-electron chi connectivity index (χ2n) is 7.43. The van der Waals surface area contributed by atoms with E-state index in [0.717, 1.165) is 17.1 Å². The highest BCUT2D eigenvalue weighted by Gasteiger charge is 2.28. The number of rotatable bonds is 6. The van der Waals surface area contributed by atoms with Gasteiger partial charge < -0.3 is 4.90 Å². The highest BCUT2D eigenvalue weighted by molar-refractivity contribution is 7.97. The van der Waals surface area contributed by atoms with Gasteiger partial charge in [0, 0.05) is 17.1 Å². The van der Waals surface area contributed by atoms with Crippen molar-refractivity contribution in [1.29, 1.82) is 0 Å². The van der Waals surface area contributed by atoms with Crippen molar-refractivity contribution in [3.05, 3.63) is 146 Å². The van der Waals surface area contributed by atoms with Crippen LogP contribution in [0.1, 0.15) is 0 Å². The van der Waals surface area contributed by atoms with Gasteiger partial charge in [0.2, 0.25) is 0 Å². The lowest BCUT2D eigenvalue weighted by molar-refractivity contribution is 1.26. The largest absolute Gasteiger partial charge is 0.311 e. The van der Waals surface area contributed by atoms with Gasteiger partial charge in [-0.2, -0.15) is 0 Å². The van der Waals surface area contributed by atoms with Crippen LogP contribution in [0.15, 0.2) is 160 Å². The fourth-order valence-corrected chi connectivity index (χ4v) is 5.94. The lowest BCUT2D eigenvalue weighted by Crippen LogP contribution is -2.10. The molecule has 0 fully saturated rings. The molecule has 32 heavy (non-hydrogen) atoms. The van der Waals surface area contributed by atoms with Crippen LogP contribution in [0.2, 0.25) is 0 Å². The Balaban J connectivity index is 1.57. The highest BCUT2D eigenvalue weighted by atomic mass is 32.2. The van der Waals surface area contributed by atoms with Gasteiger partial charge in [0.25, 0.3) is 0 Å². The van der Waals surface area contributed by atoms with E-state index in [1.807, 2.05) is 0 Å². The molecule has 0 spiro atoms. The van der Waals surface area contributed by atoms with E-state index in [4.69, 9.17) is 0 Å². The van der Waals surface area contributed by atoms with Gasteiger partial charge in [-0.05, 0) is 72.8 Å². The van der Waals surface area contributed by atoms with Gasteiger partial charge in [-0.3, -0.25) is 0 Å². The van der Waals surface area contributed by atoms with Crippen molar-refractivity contribution in [2.75, 3.05) is 4.90 Å². The maximum absolute atomic E-state index is 2.30. The fourth-order valence-electron chi connectivity index (χ4n) is 3.85. The van der Waals surface area contributed by atoms with Gasteiger partial charge in [0.15, 0.2) is 14.7 Å². The number of hydrogen-bond acceptors (Lipinski definition) is 1. The summed E-state index contributed by atoms with van der Waals surface area (Å²) in [7, 11) is -0.144. The molecular formula is C30H24NS+. The Bertz CT molecular complexity index is 1060. The Kier molecular flexibility index (Phi) is 6.04. The highest BCUT2D eigenvalue weighted by Crippen LogP contribution is 2.36. The third-order valence-corrected chi connectivity index (χ3v) is 7.55. The molecule has 0 N–H and O–H groups in total. The van der Waals surface area contributed by atoms with E-state index in [1.165, 1.54) is 14.7 Å². The smallest absolute Gasteiger partial charge is 0.166 e. The van der Waals surface area contributed by atoms with Crippen LogP contribution in [0.4, 0.5) is 17.1 Å². The van der Waals surface area contributed by atoms with E-state index in [0.29, 0.717) is 0 Å².